The van der Waals surface area contributed by atoms with E-state index in [9.17, 15) is 4.79 Å². The third kappa shape index (κ3) is 4.43. The van der Waals surface area contributed by atoms with Crippen molar-refractivity contribution in [1.82, 2.24) is 24.6 Å². The van der Waals surface area contributed by atoms with Gasteiger partial charge in [0.1, 0.15) is 17.4 Å². The Morgan fingerprint density at radius 2 is 1.80 bits per heavy atom. The first-order valence-electron chi connectivity index (χ1n) is 12.1. The number of para-hydroxylation sites is 1. The van der Waals surface area contributed by atoms with Gasteiger partial charge in [0.05, 0.1) is 24.4 Å². The van der Waals surface area contributed by atoms with Gasteiger partial charge in [-0.1, -0.05) is 38.1 Å². The van der Waals surface area contributed by atoms with Gasteiger partial charge >= 0.3 is 0 Å². The maximum atomic E-state index is 13.1. The van der Waals surface area contributed by atoms with E-state index in [0.717, 1.165) is 34.8 Å². The number of anilines is 1. The predicted octanol–water partition coefficient (Wildman–Crippen LogP) is 4.30. The van der Waals surface area contributed by atoms with Crippen molar-refractivity contribution in [2.24, 2.45) is 0 Å². The summed E-state index contributed by atoms with van der Waals surface area (Å²) in [6.45, 7) is 6.92. The molecular formula is C27H30N6O2. The summed E-state index contributed by atoms with van der Waals surface area (Å²) in [7, 11) is 1.61. The number of amides is 1. The van der Waals surface area contributed by atoms with Gasteiger partial charge in [0.25, 0.3) is 5.91 Å². The summed E-state index contributed by atoms with van der Waals surface area (Å²) < 4.78 is 7.16. The van der Waals surface area contributed by atoms with Gasteiger partial charge in [0.15, 0.2) is 5.65 Å². The van der Waals surface area contributed by atoms with Gasteiger partial charge in [0, 0.05) is 37.7 Å². The third-order valence-electron chi connectivity index (χ3n) is 6.66. The summed E-state index contributed by atoms with van der Waals surface area (Å²) in [5.41, 5.74) is 2.42. The van der Waals surface area contributed by atoms with E-state index in [-0.39, 0.29) is 11.8 Å². The van der Waals surface area contributed by atoms with Crippen LogP contribution in [0.25, 0.3) is 16.7 Å². The van der Waals surface area contributed by atoms with E-state index in [1.165, 1.54) is 0 Å². The van der Waals surface area contributed by atoms with Crippen molar-refractivity contribution in [1.29, 1.82) is 0 Å². The first kappa shape index (κ1) is 22.8. The Morgan fingerprint density at radius 1 is 1.03 bits per heavy atom. The number of hydrogen-bond acceptors (Lipinski definition) is 6. The maximum Gasteiger partial charge on any atom is 0.254 e. The van der Waals surface area contributed by atoms with E-state index < -0.39 is 0 Å². The Kier molecular flexibility index (Phi) is 6.35. The Hall–Kier alpha value is -3.94. The van der Waals surface area contributed by atoms with E-state index in [0.29, 0.717) is 37.5 Å². The highest BCUT2D eigenvalue weighted by Gasteiger charge is 2.26. The quantitative estimate of drug-likeness (QED) is 0.418. The molecule has 0 bridgehead atoms. The van der Waals surface area contributed by atoms with Gasteiger partial charge in [0.2, 0.25) is 0 Å². The number of aromatic nitrogens is 4. The fourth-order valence-corrected chi connectivity index (χ4v) is 4.37. The summed E-state index contributed by atoms with van der Waals surface area (Å²) in [6.07, 6.45) is 2.80. The first-order valence-corrected chi connectivity index (χ1v) is 12.1. The highest BCUT2D eigenvalue weighted by molar-refractivity contribution is 5.95. The second kappa shape index (κ2) is 9.74. The second-order valence-electron chi connectivity index (χ2n) is 8.86. The SMILES string of the molecule is CCC(C)c1nc(N2CCN(C(=O)c3cccc(OC)c3)CC2)c2cnn(-c3ccccc3)c2n1. The first-order chi connectivity index (χ1) is 17.1. The van der Waals surface area contributed by atoms with Gasteiger partial charge in [-0.2, -0.15) is 5.10 Å². The topological polar surface area (TPSA) is 76.4 Å². The number of ether oxygens (including phenoxy) is 1. The van der Waals surface area contributed by atoms with Gasteiger partial charge in [-0.25, -0.2) is 14.6 Å². The largest absolute Gasteiger partial charge is 0.497 e. The lowest BCUT2D eigenvalue weighted by Crippen LogP contribution is -2.49. The van der Waals surface area contributed by atoms with Gasteiger partial charge in [-0.3, -0.25) is 4.79 Å². The highest BCUT2D eigenvalue weighted by Crippen LogP contribution is 2.29. The van der Waals surface area contributed by atoms with E-state index in [4.69, 9.17) is 14.7 Å². The molecule has 1 atom stereocenters. The van der Waals surface area contributed by atoms with Crippen LogP contribution in [0.4, 0.5) is 5.82 Å². The van der Waals surface area contributed by atoms with Crippen LogP contribution >= 0.6 is 0 Å². The standard InChI is InChI=1S/C27H30N6O2/c1-4-19(2)24-29-25(23-18-28-33(26(23)30-24)21-10-6-5-7-11-21)31-13-15-32(16-14-31)27(34)20-9-8-12-22(17-20)35-3/h5-12,17-19H,4,13-16H2,1-3H3. The Labute approximate surface area is 205 Å². The van der Waals surface area contributed by atoms with Crippen molar-refractivity contribution in [2.45, 2.75) is 26.2 Å². The Morgan fingerprint density at radius 3 is 2.51 bits per heavy atom. The second-order valence-corrected chi connectivity index (χ2v) is 8.86. The predicted molar refractivity (Wildman–Crippen MR) is 136 cm³/mol. The van der Waals surface area contributed by atoms with Gasteiger partial charge in [-0.15, -0.1) is 0 Å². The number of carbonyl (C=O) groups excluding carboxylic acids is 1. The molecule has 1 saturated heterocycles. The summed E-state index contributed by atoms with van der Waals surface area (Å²) in [6, 6.07) is 17.4. The summed E-state index contributed by atoms with van der Waals surface area (Å²) in [5, 5.41) is 5.58. The van der Waals surface area contributed by atoms with E-state index in [1.807, 2.05) is 64.3 Å². The number of benzene rings is 2. The van der Waals surface area contributed by atoms with Crippen molar-refractivity contribution in [3.63, 3.8) is 0 Å². The van der Waals surface area contributed by atoms with Crippen LogP contribution in [-0.4, -0.2) is 63.8 Å². The van der Waals surface area contributed by atoms with Crippen LogP contribution in [0, 0.1) is 0 Å². The zero-order chi connectivity index (χ0) is 24.4. The highest BCUT2D eigenvalue weighted by atomic mass is 16.5. The lowest BCUT2D eigenvalue weighted by atomic mass is 10.1. The number of carbonyl (C=O) groups is 1. The van der Waals surface area contributed by atoms with Crippen LogP contribution in [0.1, 0.15) is 42.4 Å². The summed E-state index contributed by atoms with van der Waals surface area (Å²) in [4.78, 5) is 27.1. The van der Waals surface area contributed by atoms with Crippen LogP contribution < -0.4 is 9.64 Å². The number of piperazine rings is 1. The molecule has 0 radical (unpaired) electrons. The molecule has 5 rings (SSSR count). The molecule has 8 heteroatoms. The number of fused-ring (bicyclic) bond motifs is 1. The number of methoxy groups -OCH3 is 1. The zero-order valence-electron chi connectivity index (χ0n) is 20.4. The lowest BCUT2D eigenvalue weighted by molar-refractivity contribution is 0.0746. The smallest absolute Gasteiger partial charge is 0.254 e. The monoisotopic (exact) mass is 470 g/mol. The molecule has 1 aliphatic heterocycles. The average molecular weight is 471 g/mol. The van der Waals surface area contributed by atoms with Crippen molar-refractivity contribution < 1.29 is 9.53 Å². The van der Waals surface area contributed by atoms with E-state index in [1.54, 1.807) is 13.2 Å². The summed E-state index contributed by atoms with van der Waals surface area (Å²) >= 11 is 0. The Balaban J connectivity index is 1.44. The zero-order valence-corrected chi connectivity index (χ0v) is 20.4. The van der Waals surface area contributed by atoms with E-state index in [2.05, 4.69) is 23.8 Å². The van der Waals surface area contributed by atoms with Crippen LogP contribution in [0.15, 0.2) is 60.8 Å². The molecule has 1 unspecified atom stereocenters. The average Bonchev–Trinajstić information content (AvgIpc) is 3.36. The lowest BCUT2D eigenvalue weighted by Gasteiger charge is -2.36. The minimum Gasteiger partial charge on any atom is -0.497 e. The maximum absolute atomic E-state index is 13.1. The minimum atomic E-state index is 0.0218. The van der Waals surface area contributed by atoms with Crippen LogP contribution in [-0.2, 0) is 0 Å². The van der Waals surface area contributed by atoms with Crippen molar-refractivity contribution in [2.75, 3.05) is 38.2 Å². The van der Waals surface area contributed by atoms with E-state index >= 15 is 0 Å². The molecule has 2 aromatic carbocycles. The molecule has 0 saturated carbocycles. The molecule has 0 N–H and O–H groups in total. The molecule has 180 valence electrons. The fraction of sp³-hybridized carbons (Fsp3) is 0.333. The van der Waals surface area contributed by atoms with Gasteiger partial charge in [-0.05, 0) is 36.8 Å². The van der Waals surface area contributed by atoms with Gasteiger partial charge < -0.3 is 14.5 Å². The molecule has 2 aromatic heterocycles. The van der Waals surface area contributed by atoms with Crippen molar-refractivity contribution >= 4 is 22.8 Å². The molecule has 1 amide bonds. The molecule has 0 spiro atoms. The molecule has 1 aliphatic rings. The molecule has 0 aliphatic carbocycles. The number of rotatable bonds is 6. The van der Waals surface area contributed by atoms with Crippen molar-refractivity contribution in [3.8, 4) is 11.4 Å². The van der Waals surface area contributed by atoms with Crippen LogP contribution in [0.2, 0.25) is 0 Å². The van der Waals surface area contributed by atoms with Crippen LogP contribution in [0.5, 0.6) is 5.75 Å². The fourth-order valence-electron chi connectivity index (χ4n) is 4.37. The Bertz CT molecular complexity index is 1330. The third-order valence-corrected chi connectivity index (χ3v) is 6.66. The molecular weight excluding hydrogens is 440 g/mol. The number of nitrogens with zero attached hydrogens (tertiary/aromatic N) is 6. The normalized spacial score (nSPS) is 14.8. The molecule has 8 nitrogen and oxygen atoms in total. The molecule has 3 heterocycles. The molecule has 4 aromatic rings. The van der Waals surface area contributed by atoms with Crippen molar-refractivity contribution in [3.05, 3.63) is 72.2 Å². The molecule has 1 fully saturated rings. The van der Waals surface area contributed by atoms with Crippen LogP contribution in [0.3, 0.4) is 0 Å². The number of hydrogen-bond donors (Lipinski definition) is 0. The molecule has 35 heavy (non-hydrogen) atoms. The minimum absolute atomic E-state index is 0.0218. The summed E-state index contributed by atoms with van der Waals surface area (Å²) in [5.74, 6) is 2.65.